The highest BCUT2D eigenvalue weighted by molar-refractivity contribution is 6.32. The lowest BCUT2D eigenvalue weighted by atomic mass is 9.90. The van der Waals surface area contributed by atoms with Gasteiger partial charge in [0.25, 0.3) is 5.91 Å². The van der Waals surface area contributed by atoms with E-state index in [2.05, 4.69) is 5.32 Å². The molecule has 23 heavy (non-hydrogen) atoms. The number of esters is 1. The van der Waals surface area contributed by atoms with Crippen LogP contribution in [-0.4, -0.2) is 30.6 Å². The predicted molar refractivity (Wildman–Crippen MR) is 84.9 cm³/mol. The SMILES string of the molecule is CC(C)[C@](C)(C#N)NC(=O)COC(=O)COc1ccccc1Cl. The molecule has 7 heteroatoms. The summed E-state index contributed by atoms with van der Waals surface area (Å²) in [4.78, 5) is 23.3. The van der Waals surface area contributed by atoms with E-state index in [1.54, 1.807) is 31.2 Å². The number of hydrogen-bond donors (Lipinski definition) is 1. The van der Waals surface area contributed by atoms with Gasteiger partial charge in [-0.1, -0.05) is 37.6 Å². The smallest absolute Gasteiger partial charge is 0.344 e. The average molecular weight is 339 g/mol. The number of ether oxygens (including phenoxy) is 2. The Hall–Kier alpha value is -2.26. The van der Waals surface area contributed by atoms with Crippen molar-refractivity contribution in [2.24, 2.45) is 5.92 Å². The van der Waals surface area contributed by atoms with E-state index in [9.17, 15) is 9.59 Å². The van der Waals surface area contributed by atoms with Crippen LogP contribution in [0.15, 0.2) is 24.3 Å². The molecular weight excluding hydrogens is 320 g/mol. The number of nitrogens with one attached hydrogen (secondary N) is 1. The molecule has 0 aliphatic carbocycles. The lowest BCUT2D eigenvalue weighted by Crippen LogP contribution is -2.50. The van der Waals surface area contributed by atoms with Crippen molar-refractivity contribution in [3.05, 3.63) is 29.3 Å². The van der Waals surface area contributed by atoms with Gasteiger partial charge in [0.15, 0.2) is 13.2 Å². The fourth-order valence-electron chi connectivity index (χ4n) is 1.51. The molecule has 1 amide bonds. The highest BCUT2D eigenvalue weighted by Gasteiger charge is 2.30. The van der Waals surface area contributed by atoms with Gasteiger partial charge in [-0.25, -0.2) is 4.79 Å². The second-order valence-electron chi connectivity index (χ2n) is 5.40. The van der Waals surface area contributed by atoms with Gasteiger partial charge >= 0.3 is 5.97 Å². The molecule has 0 saturated carbocycles. The van der Waals surface area contributed by atoms with Gasteiger partial charge < -0.3 is 14.8 Å². The Labute approximate surface area is 140 Å². The van der Waals surface area contributed by atoms with Crippen LogP contribution in [-0.2, 0) is 14.3 Å². The van der Waals surface area contributed by atoms with E-state index in [-0.39, 0.29) is 12.5 Å². The maximum Gasteiger partial charge on any atom is 0.344 e. The molecule has 0 heterocycles. The zero-order valence-corrected chi connectivity index (χ0v) is 14.0. The molecule has 0 aliphatic rings. The maximum absolute atomic E-state index is 11.8. The molecule has 6 nitrogen and oxygen atoms in total. The van der Waals surface area contributed by atoms with E-state index < -0.39 is 24.0 Å². The second kappa shape index (κ2) is 8.39. The van der Waals surface area contributed by atoms with Crippen molar-refractivity contribution < 1.29 is 19.1 Å². The summed E-state index contributed by atoms with van der Waals surface area (Å²) in [6.45, 7) is 4.39. The quantitative estimate of drug-likeness (QED) is 0.771. The minimum absolute atomic E-state index is 0.0873. The van der Waals surface area contributed by atoms with Crippen LogP contribution in [0.5, 0.6) is 5.75 Å². The van der Waals surface area contributed by atoms with E-state index in [0.717, 1.165) is 0 Å². The molecule has 0 radical (unpaired) electrons. The summed E-state index contributed by atoms with van der Waals surface area (Å²) in [6.07, 6.45) is 0. The Morgan fingerprint density at radius 2 is 2.00 bits per heavy atom. The van der Waals surface area contributed by atoms with Gasteiger partial charge in [0, 0.05) is 0 Å². The minimum Gasteiger partial charge on any atom is -0.480 e. The first kappa shape index (κ1) is 18.8. The van der Waals surface area contributed by atoms with E-state index in [0.29, 0.717) is 10.8 Å². The third-order valence-corrected chi connectivity index (χ3v) is 3.64. The zero-order chi connectivity index (χ0) is 17.5. The summed E-state index contributed by atoms with van der Waals surface area (Å²) in [5, 5.41) is 12.0. The van der Waals surface area contributed by atoms with Crippen molar-refractivity contribution in [1.82, 2.24) is 5.32 Å². The summed E-state index contributed by atoms with van der Waals surface area (Å²) in [5.74, 6) is -0.986. The van der Waals surface area contributed by atoms with Gasteiger partial charge in [-0.15, -0.1) is 0 Å². The molecule has 0 unspecified atom stereocenters. The van der Waals surface area contributed by atoms with Crippen molar-refractivity contribution in [2.75, 3.05) is 13.2 Å². The number of halogens is 1. The monoisotopic (exact) mass is 338 g/mol. The number of nitriles is 1. The van der Waals surface area contributed by atoms with Crippen LogP contribution in [0.1, 0.15) is 20.8 Å². The third-order valence-electron chi connectivity index (χ3n) is 3.33. The molecule has 1 N–H and O–H groups in total. The number of hydrogen-bond acceptors (Lipinski definition) is 5. The van der Waals surface area contributed by atoms with Gasteiger partial charge in [-0.3, -0.25) is 4.79 Å². The number of rotatable bonds is 7. The Kier molecular flexibility index (Phi) is 6.86. The molecule has 0 spiro atoms. The van der Waals surface area contributed by atoms with Crippen molar-refractivity contribution in [1.29, 1.82) is 5.26 Å². The summed E-state index contributed by atoms with van der Waals surface area (Å²) in [7, 11) is 0. The third kappa shape index (κ3) is 5.80. The Balaban J connectivity index is 2.40. The van der Waals surface area contributed by atoms with Crippen LogP contribution in [0, 0.1) is 17.2 Å². The number of para-hydroxylation sites is 1. The molecule has 0 fully saturated rings. The lowest BCUT2D eigenvalue weighted by molar-refractivity contribution is -0.150. The van der Waals surface area contributed by atoms with Crippen molar-refractivity contribution in [3.8, 4) is 11.8 Å². The van der Waals surface area contributed by atoms with E-state index >= 15 is 0 Å². The lowest BCUT2D eigenvalue weighted by Gasteiger charge is -2.27. The fourth-order valence-corrected chi connectivity index (χ4v) is 1.70. The van der Waals surface area contributed by atoms with Crippen molar-refractivity contribution in [2.45, 2.75) is 26.3 Å². The van der Waals surface area contributed by atoms with E-state index in [4.69, 9.17) is 26.3 Å². The number of nitrogens with zero attached hydrogens (tertiary/aromatic N) is 1. The summed E-state index contributed by atoms with van der Waals surface area (Å²) in [6, 6.07) is 8.73. The fraction of sp³-hybridized carbons (Fsp3) is 0.438. The number of amides is 1. The normalized spacial score (nSPS) is 12.9. The van der Waals surface area contributed by atoms with Crippen LogP contribution < -0.4 is 10.1 Å². The topological polar surface area (TPSA) is 88.4 Å². The maximum atomic E-state index is 11.8. The van der Waals surface area contributed by atoms with Crippen LogP contribution in [0.2, 0.25) is 5.02 Å². The molecule has 1 aromatic rings. The van der Waals surface area contributed by atoms with Gasteiger partial charge in [-0.2, -0.15) is 5.26 Å². The van der Waals surface area contributed by atoms with Crippen LogP contribution in [0.4, 0.5) is 0 Å². The van der Waals surface area contributed by atoms with Gasteiger partial charge in [0.1, 0.15) is 11.3 Å². The molecule has 1 rings (SSSR count). The first-order valence-electron chi connectivity index (χ1n) is 7.03. The predicted octanol–water partition coefficient (Wildman–Crippen LogP) is 2.32. The summed E-state index contributed by atoms with van der Waals surface area (Å²) < 4.78 is 10.0. The average Bonchev–Trinajstić information content (AvgIpc) is 2.51. The Bertz CT molecular complexity index is 612. The van der Waals surface area contributed by atoms with Gasteiger partial charge in [-0.05, 0) is 25.0 Å². The molecule has 0 bridgehead atoms. The zero-order valence-electron chi connectivity index (χ0n) is 13.3. The van der Waals surface area contributed by atoms with E-state index in [1.165, 1.54) is 0 Å². The molecule has 1 aromatic carbocycles. The molecule has 0 aromatic heterocycles. The Morgan fingerprint density at radius 3 is 2.57 bits per heavy atom. The standard InChI is InChI=1S/C16H19ClN2O4/c1-11(2)16(3,10-18)19-14(20)8-23-15(21)9-22-13-7-5-4-6-12(13)17/h4-7,11H,8-9H2,1-3H3,(H,19,20)/t16-/m0/s1. The van der Waals surface area contributed by atoms with Crippen LogP contribution in [0.25, 0.3) is 0 Å². The summed E-state index contributed by atoms with van der Waals surface area (Å²) >= 11 is 5.88. The Morgan fingerprint density at radius 1 is 1.35 bits per heavy atom. The largest absolute Gasteiger partial charge is 0.480 e. The van der Waals surface area contributed by atoms with E-state index in [1.807, 2.05) is 19.9 Å². The number of benzene rings is 1. The van der Waals surface area contributed by atoms with Crippen LogP contribution >= 0.6 is 11.6 Å². The molecule has 0 aliphatic heterocycles. The van der Waals surface area contributed by atoms with Crippen LogP contribution in [0.3, 0.4) is 0 Å². The van der Waals surface area contributed by atoms with Gasteiger partial charge in [0.05, 0.1) is 11.1 Å². The highest BCUT2D eigenvalue weighted by atomic mass is 35.5. The number of carbonyl (C=O) groups excluding carboxylic acids is 2. The molecular formula is C16H19ClN2O4. The first-order valence-corrected chi connectivity index (χ1v) is 7.41. The number of carbonyl (C=O) groups is 2. The van der Waals surface area contributed by atoms with Gasteiger partial charge in [0.2, 0.25) is 0 Å². The molecule has 1 atom stereocenters. The first-order chi connectivity index (χ1) is 10.8. The molecule has 0 saturated heterocycles. The van der Waals surface area contributed by atoms with Crippen molar-refractivity contribution in [3.63, 3.8) is 0 Å². The second-order valence-corrected chi connectivity index (χ2v) is 5.80. The minimum atomic E-state index is -1.02. The van der Waals surface area contributed by atoms with Crippen molar-refractivity contribution >= 4 is 23.5 Å². The molecule has 124 valence electrons. The highest BCUT2D eigenvalue weighted by Crippen LogP contribution is 2.22. The summed E-state index contributed by atoms with van der Waals surface area (Å²) in [5.41, 5.74) is -1.02.